The SMILES string of the molecule is N#Cc1cc2c(c3c1CC1(CCCC1)C3)c1cc(C34CC5CC(CC(C5)C3)C4)cc3c4cc5c(cc4n2c31)c1cc(C23CC4CC(CC(C4)C2)C3)cc2c3c4c(c(C#N)cc3n5c12)CC1(CCCC1)C4. The van der Waals surface area contributed by atoms with Crippen LogP contribution in [0.15, 0.2) is 48.5 Å². The molecule has 0 amide bonds. The van der Waals surface area contributed by atoms with Crippen molar-refractivity contribution in [1.82, 2.24) is 8.80 Å². The predicted octanol–water partition coefficient (Wildman–Crippen LogP) is 16.0. The smallest absolute Gasteiger partial charge is 0.0995 e. The van der Waals surface area contributed by atoms with Gasteiger partial charge in [0.05, 0.1) is 56.4 Å². The number of hydrogen-bond donors (Lipinski definition) is 0. The Kier molecular flexibility index (Phi) is 6.74. The Bertz CT molecular complexity index is 3680. The lowest BCUT2D eigenvalue weighted by Crippen LogP contribution is -2.48. The number of hydrogen-bond acceptors (Lipinski definition) is 2. The minimum atomic E-state index is 0.271. The van der Waals surface area contributed by atoms with E-state index in [1.165, 1.54) is 227 Å². The molecule has 0 unspecified atom stereocenters. The van der Waals surface area contributed by atoms with E-state index in [4.69, 9.17) is 0 Å². The molecule has 0 N–H and O–H groups in total. The van der Waals surface area contributed by atoms with Gasteiger partial charge in [0.2, 0.25) is 0 Å². The summed E-state index contributed by atoms with van der Waals surface area (Å²) in [6, 6.07) is 26.5. The van der Waals surface area contributed by atoms with E-state index in [2.05, 4.69) is 69.5 Å². The van der Waals surface area contributed by atoms with Gasteiger partial charge in [0.25, 0.3) is 0 Å². The van der Waals surface area contributed by atoms with Gasteiger partial charge in [-0.3, -0.25) is 0 Å². The molecular formula is C66H62N4. The van der Waals surface area contributed by atoms with Crippen LogP contribution in [0.3, 0.4) is 0 Å². The van der Waals surface area contributed by atoms with Crippen molar-refractivity contribution in [1.29, 1.82) is 10.5 Å². The zero-order chi connectivity index (χ0) is 45.4. The third kappa shape index (κ3) is 4.48. The highest BCUT2D eigenvalue weighted by Crippen LogP contribution is 2.64. The van der Waals surface area contributed by atoms with Crippen molar-refractivity contribution >= 4 is 76.2 Å². The van der Waals surface area contributed by atoms with Gasteiger partial charge in [-0.2, -0.15) is 10.5 Å². The maximum Gasteiger partial charge on any atom is 0.0995 e. The number of nitriles is 2. The second-order valence-corrected chi connectivity index (χ2v) is 27.7. The van der Waals surface area contributed by atoms with E-state index < -0.39 is 0 Å². The maximum absolute atomic E-state index is 11.0. The van der Waals surface area contributed by atoms with E-state index in [9.17, 15) is 10.5 Å². The van der Waals surface area contributed by atoms with Crippen molar-refractivity contribution in [2.75, 3.05) is 0 Å². The molecule has 4 heteroatoms. The third-order valence-electron chi connectivity index (χ3n) is 24.0. The quantitative estimate of drug-likeness (QED) is 0.173. The third-order valence-corrected chi connectivity index (χ3v) is 24.0. The Morgan fingerprint density at radius 2 is 0.729 bits per heavy atom. The van der Waals surface area contributed by atoms with Gasteiger partial charge in [-0.15, -0.1) is 0 Å². The highest BCUT2D eigenvalue weighted by molar-refractivity contribution is 6.30. The normalized spacial score (nSPS) is 32.9. The summed E-state index contributed by atoms with van der Waals surface area (Å²) < 4.78 is 5.35. The maximum atomic E-state index is 11.0. The molecule has 10 fully saturated rings. The lowest BCUT2D eigenvalue weighted by Gasteiger charge is -2.57. The highest BCUT2D eigenvalue weighted by atomic mass is 14.9. The Labute approximate surface area is 410 Å². The summed E-state index contributed by atoms with van der Waals surface area (Å²) in [6.07, 6.45) is 31.9. The van der Waals surface area contributed by atoms with Crippen molar-refractivity contribution in [3.05, 3.63) is 93.0 Å². The van der Waals surface area contributed by atoms with Crippen LogP contribution in [0.2, 0.25) is 0 Å². The van der Waals surface area contributed by atoms with Crippen molar-refractivity contribution in [2.45, 2.75) is 165 Å². The second-order valence-electron chi connectivity index (χ2n) is 27.7. The molecule has 10 saturated carbocycles. The Morgan fingerprint density at radius 1 is 0.386 bits per heavy atom. The minimum Gasteiger partial charge on any atom is -0.308 e. The Morgan fingerprint density at radius 3 is 1.09 bits per heavy atom. The summed E-state index contributed by atoms with van der Waals surface area (Å²) in [5.74, 6) is 5.29. The van der Waals surface area contributed by atoms with E-state index in [0.717, 1.165) is 72.3 Å². The van der Waals surface area contributed by atoms with E-state index in [-0.39, 0.29) is 10.8 Å². The first-order chi connectivity index (χ1) is 34.3. The molecule has 0 saturated heterocycles. The van der Waals surface area contributed by atoms with Crippen LogP contribution in [0.4, 0.5) is 0 Å². The lowest BCUT2D eigenvalue weighted by molar-refractivity contribution is -0.00520. The standard InChI is InChI=1S/C66H62N4/c67-33-41-15-57-59(53-31-63(29-51(41)53)5-1-2-6-63)49-19-43(65-23-35-9-36(24-65)11-37(10-35)25-65)17-47-45-22-56-46(21-55(45)69(57)61(47)49)48-18-44(66-26-38-12-39(27-66)14-40(13-38)28-66)20-50-60-54-32-64(7-3-4-8-64)30-52(54)42(34-68)16-58(60)70(56)62(48)50/h15-22,35-40H,1-14,23-32H2. The molecule has 2 spiro atoms. The molecule has 4 aromatic heterocycles. The molecule has 4 heterocycles. The average Bonchev–Trinajstić information content (AvgIpc) is 4.25. The molecular weight excluding hydrogens is 849 g/mol. The summed E-state index contributed by atoms with van der Waals surface area (Å²) in [5.41, 5.74) is 20.1. The van der Waals surface area contributed by atoms with Gasteiger partial charge in [0, 0.05) is 43.1 Å². The van der Waals surface area contributed by atoms with Gasteiger partial charge in [-0.1, -0.05) is 25.7 Å². The molecule has 4 nitrogen and oxygen atoms in total. The van der Waals surface area contributed by atoms with Crippen molar-refractivity contribution in [3.63, 3.8) is 0 Å². The van der Waals surface area contributed by atoms with E-state index in [0.29, 0.717) is 10.8 Å². The zero-order valence-electron chi connectivity index (χ0n) is 40.8. The Balaban J connectivity index is 0.952. The molecule has 12 aliphatic carbocycles. The molecule has 12 aliphatic rings. The fraction of sp³-hybridized carbons (Fsp3) is 0.515. The van der Waals surface area contributed by atoms with Crippen LogP contribution in [0.5, 0.6) is 0 Å². The van der Waals surface area contributed by atoms with Gasteiger partial charge in [-0.25, -0.2) is 0 Å². The number of aromatic nitrogens is 2. The second kappa shape index (κ2) is 12.3. The number of fused-ring (bicyclic) bond motifs is 16. The summed E-state index contributed by atoms with van der Waals surface area (Å²) in [4.78, 5) is 0. The first kappa shape index (κ1) is 38.4. The largest absolute Gasteiger partial charge is 0.308 e. The number of benzene rings is 5. The van der Waals surface area contributed by atoms with Crippen LogP contribution < -0.4 is 0 Å². The fourth-order valence-electron chi connectivity index (χ4n) is 22.3. The fourth-order valence-corrected chi connectivity index (χ4v) is 22.3. The van der Waals surface area contributed by atoms with Crippen molar-refractivity contribution in [2.24, 2.45) is 46.3 Å². The molecule has 70 heavy (non-hydrogen) atoms. The summed E-state index contributed by atoms with van der Waals surface area (Å²) in [7, 11) is 0. The first-order valence-corrected chi connectivity index (χ1v) is 28.6. The van der Waals surface area contributed by atoms with Crippen LogP contribution in [0.25, 0.3) is 76.2 Å². The molecule has 346 valence electrons. The van der Waals surface area contributed by atoms with Crippen LogP contribution in [0, 0.1) is 69.0 Å². The molecule has 8 bridgehead atoms. The minimum absolute atomic E-state index is 0.271. The monoisotopic (exact) mass is 910 g/mol. The lowest BCUT2D eigenvalue weighted by atomic mass is 9.48. The van der Waals surface area contributed by atoms with Crippen LogP contribution in [-0.4, -0.2) is 8.80 Å². The van der Waals surface area contributed by atoms with Crippen LogP contribution >= 0.6 is 0 Å². The summed E-state index contributed by atoms with van der Waals surface area (Å²) in [5, 5.41) is 33.6. The summed E-state index contributed by atoms with van der Waals surface area (Å²) in [6.45, 7) is 0. The van der Waals surface area contributed by atoms with Crippen LogP contribution in [-0.2, 0) is 36.5 Å². The predicted molar refractivity (Wildman–Crippen MR) is 282 cm³/mol. The zero-order valence-corrected chi connectivity index (χ0v) is 40.8. The van der Waals surface area contributed by atoms with E-state index in [1.54, 1.807) is 11.1 Å². The van der Waals surface area contributed by atoms with Crippen LogP contribution in [0.1, 0.15) is 173 Å². The van der Waals surface area contributed by atoms with Gasteiger partial charge < -0.3 is 8.80 Å². The topological polar surface area (TPSA) is 56.4 Å². The first-order valence-electron chi connectivity index (χ1n) is 28.6. The van der Waals surface area contributed by atoms with Gasteiger partial charge in [0.1, 0.15) is 0 Å². The Hall–Kier alpha value is -5.32. The van der Waals surface area contributed by atoms with Gasteiger partial charge in [0.15, 0.2) is 0 Å². The van der Waals surface area contributed by atoms with Crippen molar-refractivity contribution < 1.29 is 0 Å². The molecule has 9 aromatic rings. The highest BCUT2D eigenvalue weighted by Gasteiger charge is 2.54. The number of rotatable bonds is 2. The molecule has 0 atom stereocenters. The molecule has 0 radical (unpaired) electrons. The number of nitrogens with zero attached hydrogens (tertiary/aromatic N) is 4. The molecule has 21 rings (SSSR count). The molecule has 5 aromatic carbocycles. The van der Waals surface area contributed by atoms with Gasteiger partial charge >= 0.3 is 0 Å². The average molecular weight is 911 g/mol. The van der Waals surface area contributed by atoms with Crippen molar-refractivity contribution in [3.8, 4) is 12.1 Å². The van der Waals surface area contributed by atoms with E-state index in [1.807, 2.05) is 0 Å². The molecule has 0 aliphatic heterocycles. The summed E-state index contributed by atoms with van der Waals surface area (Å²) >= 11 is 0. The van der Waals surface area contributed by atoms with Gasteiger partial charge in [-0.05, 0) is 267 Å². The van der Waals surface area contributed by atoms with E-state index >= 15 is 0 Å².